The molecular weight excluding hydrogens is 1870 g/mol. The van der Waals surface area contributed by atoms with Crippen LogP contribution in [0.25, 0.3) is 91.9 Å². The van der Waals surface area contributed by atoms with Crippen molar-refractivity contribution >= 4 is 163 Å². The number of anilines is 4. The van der Waals surface area contributed by atoms with Crippen LogP contribution in [0.3, 0.4) is 0 Å². The normalized spacial score (nSPS) is 21.0. The van der Waals surface area contributed by atoms with Crippen LogP contribution < -0.4 is 58.5 Å². The molecule has 35 nitrogen and oxygen atoms in total. The topological polar surface area (TPSA) is 403 Å². The molecule has 12 aromatic rings. The Kier molecular flexibility index (Phi) is 26.5. The number of likely N-dealkylation sites (tertiary alicyclic amines) is 2. The van der Waals surface area contributed by atoms with Gasteiger partial charge in [-0.2, -0.15) is 38.5 Å². The first-order chi connectivity index (χ1) is 69.8. The molecular formula is C103H115N27O8S4. The third-order valence-corrected chi connectivity index (χ3v) is 30.4. The summed E-state index contributed by atoms with van der Waals surface area (Å²) >= 11 is 5.50. The molecule has 8 amide bonds. The van der Waals surface area contributed by atoms with Crippen LogP contribution in [0.15, 0.2) is 166 Å². The van der Waals surface area contributed by atoms with Gasteiger partial charge in [0.1, 0.15) is 23.3 Å². The van der Waals surface area contributed by atoms with Gasteiger partial charge in [-0.25, -0.2) is 19.9 Å². The largest absolute Gasteiger partial charge is 0.367 e. The summed E-state index contributed by atoms with van der Waals surface area (Å²) in [5.41, 5.74) is 17.9. The van der Waals surface area contributed by atoms with Gasteiger partial charge in [-0.15, -0.1) is 45.3 Å². The maximum atomic E-state index is 13.2. The van der Waals surface area contributed by atoms with Crippen molar-refractivity contribution in [1.82, 2.24) is 115 Å². The van der Waals surface area contributed by atoms with Gasteiger partial charge in [-0.3, -0.25) is 38.4 Å². The third-order valence-electron chi connectivity index (χ3n) is 26.7. The predicted molar refractivity (Wildman–Crippen MR) is 557 cm³/mol. The standard InChI is InChI=1S/C28H33N7O2S.C27H31N7O2S.C26H29N7O2S.C22H22N6O2S/c1-3-21(15-34-8-4-5-9-34)32-28(37)24-11-20(16-38-24)23-13-25(31-22-6-7-22)35-27(33-23)19(14-29-35)10-18-12-26(36)30-17(18)2;1-16-17(12-25(35)30-16)10-18-14-29-34-24(31-20-5-6-20)13-22(32-26(18)34)19-11-23(37-15-19)27(36)28-8-7-21-4-3-9-33(21)2;1-14-11-32(12-15(2)28-14)26(35)22-7-19(13-36-22)21-9-23(30-20-4-5-20)33-25(31-21)18(10-27-33)6-17-8-24(34)29-16(17)3;1-12-13(8-20(29)24-12)6-14-10-23-28-19(25-16-4-5-16)9-17(26-21(14)28)15-7-18(31-11-15)22(30)27(2)3/h10-11,13-14,16,21-22,31H,2-9,12,15H2,1H3,(H,30,36)(H,32,37);10-11,13-15,20-21,31H,1,3-9,12H2,2H3,(H,28,36)(H,30,35);6-7,9-10,13-15,20,28,30H,3-5,8,11-12H2,1-2H3,(H,29,34);6-7,9-11,16,25H,1,4-5,8H2,2-3H3,(H,24,29)/b18-10+;17-10+;17-6+;13-6+/t;;14-,15+;/i;;;2D3. The molecule has 734 valence electrons. The lowest BCUT2D eigenvalue weighted by Crippen LogP contribution is -2.55. The second-order valence-corrected chi connectivity index (χ2v) is 42.0. The zero-order valence-corrected chi connectivity index (χ0v) is 83.0. The fourth-order valence-electron chi connectivity index (χ4n) is 18.4. The Bertz CT molecular complexity index is 7330. The summed E-state index contributed by atoms with van der Waals surface area (Å²) in [5, 5.41) is 60.9. The number of piperazine rings is 1. The number of carbonyl (C=O) groups is 8. The number of nitrogens with zero attached hydrogens (tertiary/aromatic N) is 16. The molecule has 4 atom stereocenters. The highest BCUT2D eigenvalue weighted by molar-refractivity contribution is 7.13. The van der Waals surface area contributed by atoms with Crippen molar-refractivity contribution in [3.63, 3.8) is 0 Å². The van der Waals surface area contributed by atoms with Gasteiger partial charge in [0.15, 0.2) is 22.6 Å². The number of hydrogen-bond acceptors (Lipinski definition) is 27. The van der Waals surface area contributed by atoms with E-state index in [1.165, 1.54) is 78.1 Å². The van der Waals surface area contributed by atoms with Gasteiger partial charge in [0, 0.05) is 206 Å². The molecule has 142 heavy (non-hydrogen) atoms. The minimum atomic E-state index is -2.51. The summed E-state index contributed by atoms with van der Waals surface area (Å²) in [4.78, 5) is 128. The summed E-state index contributed by atoms with van der Waals surface area (Å²) in [7, 11) is 3.42. The molecule has 11 fully saturated rings. The number of nitrogens with one attached hydrogen (secondary N) is 11. The molecule has 39 heteroatoms. The van der Waals surface area contributed by atoms with E-state index in [1.54, 1.807) is 45.3 Å². The van der Waals surface area contributed by atoms with Crippen molar-refractivity contribution in [3.8, 4) is 45.0 Å². The van der Waals surface area contributed by atoms with Crippen molar-refractivity contribution in [3.05, 3.63) is 208 Å². The van der Waals surface area contributed by atoms with Gasteiger partial charge >= 0.3 is 0 Å². The zero-order valence-electron chi connectivity index (χ0n) is 82.7. The lowest BCUT2D eigenvalue weighted by atomic mass is 10.1. The van der Waals surface area contributed by atoms with E-state index in [4.69, 9.17) is 24.0 Å². The highest BCUT2D eigenvalue weighted by Gasteiger charge is 2.34. The Morgan fingerprint density at radius 2 is 0.838 bits per heavy atom. The molecule has 4 saturated carbocycles. The number of hydrogen-bond donors (Lipinski definition) is 11. The summed E-state index contributed by atoms with van der Waals surface area (Å²) in [6.45, 7) is 25.9. The molecule has 2 unspecified atom stereocenters. The Hall–Kier alpha value is -14.0. The molecule has 0 aromatic carbocycles. The minimum Gasteiger partial charge on any atom is -0.367 e. The zero-order chi connectivity index (χ0) is 101. The number of aromatic nitrogens is 12. The van der Waals surface area contributed by atoms with Crippen LogP contribution >= 0.6 is 45.3 Å². The van der Waals surface area contributed by atoms with Crippen LogP contribution in [-0.4, -0.2) is 240 Å². The molecule has 7 aliphatic heterocycles. The van der Waals surface area contributed by atoms with Crippen LogP contribution in [0, 0.1) is 0 Å². The summed E-state index contributed by atoms with van der Waals surface area (Å²) in [6.07, 6.45) is 31.5. The van der Waals surface area contributed by atoms with E-state index in [1.807, 2.05) is 96.8 Å². The van der Waals surface area contributed by atoms with Crippen LogP contribution in [0.5, 0.6) is 0 Å². The van der Waals surface area contributed by atoms with Crippen molar-refractivity contribution in [2.24, 2.45) is 0 Å². The van der Waals surface area contributed by atoms with Gasteiger partial charge < -0.3 is 78.1 Å². The van der Waals surface area contributed by atoms with Crippen LogP contribution in [0.2, 0.25) is 0 Å². The number of thiophene rings is 4. The molecule has 11 aliphatic rings. The lowest BCUT2D eigenvalue weighted by Gasteiger charge is -2.35. The number of allylic oxidation sites excluding steroid dienone is 4. The van der Waals surface area contributed by atoms with Gasteiger partial charge in [0.2, 0.25) is 23.6 Å². The Balaban J connectivity index is 0.000000118. The minimum absolute atomic E-state index is 0.0311. The van der Waals surface area contributed by atoms with Gasteiger partial charge in [0.05, 0.1) is 92.8 Å². The Labute approximate surface area is 841 Å². The molecule has 23 rings (SSSR count). The molecule has 7 saturated heterocycles. The molecule has 4 aliphatic carbocycles. The van der Waals surface area contributed by atoms with Crippen LogP contribution in [-0.2, 0) is 19.2 Å². The lowest BCUT2D eigenvalue weighted by molar-refractivity contribution is -0.119. The van der Waals surface area contributed by atoms with Crippen LogP contribution in [0.1, 0.15) is 201 Å². The smallest absolute Gasteiger partial charge is 0.264 e. The van der Waals surface area contributed by atoms with Crippen molar-refractivity contribution in [2.75, 3.05) is 88.2 Å². The summed E-state index contributed by atoms with van der Waals surface area (Å²) in [5.74, 6) is 2.51. The molecule has 19 heterocycles. The molecule has 0 spiro atoms. The molecule has 0 bridgehead atoms. The van der Waals surface area contributed by atoms with E-state index in [2.05, 4.69) is 143 Å². The first-order valence-electron chi connectivity index (χ1n) is 50.0. The second kappa shape index (κ2) is 40.9. The number of amides is 8. The van der Waals surface area contributed by atoms with Gasteiger partial charge in [-0.1, -0.05) is 33.2 Å². The fraction of sp³-hybridized carbons (Fsp3) is 0.379. The average molecular weight is 1990 g/mol. The van der Waals surface area contributed by atoms with Gasteiger partial charge in [-0.05, 0) is 201 Å². The molecule has 12 aromatic heterocycles. The fourth-order valence-corrected chi connectivity index (χ4v) is 21.8. The summed E-state index contributed by atoms with van der Waals surface area (Å²) < 4.78 is 29.6. The first-order valence-corrected chi connectivity index (χ1v) is 52.0. The second-order valence-electron chi connectivity index (χ2n) is 38.4. The maximum absolute atomic E-state index is 13.2. The predicted octanol–water partition coefficient (Wildman–Crippen LogP) is 14.1. The first kappa shape index (κ1) is 91.8. The van der Waals surface area contributed by atoms with E-state index >= 15 is 0 Å². The molecule has 11 N–H and O–H groups in total. The van der Waals surface area contributed by atoms with Gasteiger partial charge in [0.25, 0.3) is 23.6 Å². The average Bonchev–Trinajstić information content (AvgIpc) is 1.63. The van der Waals surface area contributed by atoms with E-state index in [0.717, 1.165) is 197 Å². The van der Waals surface area contributed by atoms with Crippen molar-refractivity contribution in [2.45, 2.75) is 185 Å². The van der Waals surface area contributed by atoms with E-state index in [0.29, 0.717) is 145 Å². The van der Waals surface area contributed by atoms with E-state index in [-0.39, 0.29) is 65.9 Å². The summed E-state index contributed by atoms with van der Waals surface area (Å²) in [6, 6.07) is 18.2. The van der Waals surface area contributed by atoms with E-state index < -0.39 is 12.9 Å². The van der Waals surface area contributed by atoms with E-state index in [9.17, 15) is 38.4 Å². The Morgan fingerprint density at radius 1 is 0.486 bits per heavy atom. The highest BCUT2D eigenvalue weighted by atomic mass is 32.1. The third kappa shape index (κ3) is 22.0. The number of rotatable bonds is 27. The molecule has 0 radical (unpaired) electrons. The van der Waals surface area contributed by atoms with Crippen molar-refractivity contribution in [1.29, 1.82) is 0 Å². The quantitative estimate of drug-likeness (QED) is 0.0228. The van der Waals surface area contributed by atoms with Crippen molar-refractivity contribution < 1.29 is 42.5 Å². The SMILES string of the molecule is C=C1NC(=O)C/C1=C\c1cnn2c(NC3CC3)cc(-c3csc(C(=O)N4C[C@@H](C)N[C@@H](C)C4)c3)nc12.C=C1NC(=O)C/C1=C\c1cnn2c(NC3CC3)cc(-c3csc(C(=O)NC(CC)CN4CCCC4)c3)nc12.C=C1NC(=O)C/C1=C\c1cnn2c(NC3CC3)cc(-c3csc(C(=O)NCCC4CCCN4C)c3)nc12.[2H]C([2H])([2H])N(C)C(=O)c1cc(-c2cc(NC3CC3)n3ncc(/C=C4\CC(=O)NC4=C)c3n2)cs1. The number of fused-ring (bicyclic) bond motifs is 4. The van der Waals surface area contributed by atoms with Crippen LogP contribution in [0.4, 0.5) is 23.3 Å². The maximum Gasteiger partial charge on any atom is 0.264 e. The monoisotopic (exact) mass is 1990 g/mol. The number of carbonyl (C=O) groups excluding carboxylic acids is 8. The Morgan fingerprint density at radius 3 is 1.18 bits per heavy atom. The highest BCUT2D eigenvalue weighted by Crippen LogP contribution is 2.40.